The lowest BCUT2D eigenvalue weighted by molar-refractivity contribution is -0.127. The summed E-state index contributed by atoms with van der Waals surface area (Å²) in [7, 11) is -3.48. The van der Waals surface area contributed by atoms with E-state index in [-0.39, 0.29) is 30.0 Å². The van der Waals surface area contributed by atoms with Crippen molar-refractivity contribution in [1.82, 2.24) is 5.32 Å². The molecule has 0 saturated heterocycles. The lowest BCUT2D eigenvalue weighted by Gasteiger charge is -2.30. The molecule has 1 aliphatic carbocycles. The number of rotatable bonds is 9. The van der Waals surface area contributed by atoms with Crippen molar-refractivity contribution in [3.05, 3.63) is 65.7 Å². The van der Waals surface area contributed by atoms with Crippen LogP contribution in [0.1, 0.15) is 36.8 Å². The van der Waals surface area contributed by atoms with Crippen molar-refractivity contribution in [1.29, 1.82) is 5.26 Å². The van der Waals surface area contributed by atoms with E-state index in [0.717, 1.165) is 36.3 Å². The molecule has 2 atom stereocenters. The van der Waals surface area contributed by atoms with Crippen molar-refractivity contribution >= 4 is 27.5 Å². The zero-order chi connectivity index (χ0) is 22.1. The van der Waals surface area contributed by atoms with Crippen LogP contribution in [0.15, 0.2) is 59.5 Å². The molecular formula is C24H28N2O3S2. The highest BCUT2D eigenvalue weighted by Crippen LogP contribution is 2.33. The molecule has 2 aromatic rings. The Kier molecular flexibility index (Phi) is 8.56. The number of sulfone groups is 1. The van der Waals surface area contributed by atoms with Gasteiger partial charge in [0.2, 0.25) is 5.91 Å². The first-order chi connectivity index (χ1) is 15.0. The summed E-state index contributed by atoms with van der Waals surface area (Å²) in [5.41, 5.74) is 2.36. The minimum atomic E-state index is -3.48. The number of thioether (sulfide) groups is 1. The SMILES string of the molecule is N#CCNC(=O)C1CCCCC1CS(=O)(=O)c1ccc(CSCc2ccccc2)cc1. The number of benzene rings is 2. The molecule has 0 bridgehead atoms. The number of hydrogen-bond donors (Lipinski definition) is 1. The van der Waals surface area contributed by atoms with Crippen LogP contribution in [-0.4, -0.2) is 26.6 Å². The van der Waals surface area contributed by atoms with Gasteiger partial charge >= 0.3 is 0 Å². The highest BCUT2D eigenvalue weighted by atomic mass is 32.2. The molecule has 2 aromatic carbocycles. The Morgan fingerprint density at radius 3 is 2.32 bits per heavy atom. The number of nitrogens with zero attached hydrogens (tertiary/aromatic N) is 1. The van der Waals surface area contributed by atoms with Gasteiger partial charge in [0.15, 0.2) is 9.84 Å². The molecule has 5 nitrogen and oxygen atoms in total. The predicted octanol–water partition coefficient (Wildman–Crippen LogP) is 4.34. The minimum Gasteiger partial charge on any atom is -0.343 e. The predicted molar refractivity (Wildman–Crippen MR) is 124 cm³/mol. The van der Waals surface area contributed by atoms with Crippen molar-refractivity contribution < 1.29 is 13.2 Å². The Hall–Kier alpha value is -2.30. The van der Waals surface area contributed by atoms with Crippen LogP contribution in [-0.2, 0) is 26.1 Å². The Labute approximate surface area is 189 Å². The van der Waals surface area contributed by atoms with E-state index in [9.17, 15) is 13.2 Å². The van der Waals surface area contributed by atoms with Gasteiger partial charge in [-0.1, -0.05) is 55.3 Å². The van der Waals surface area contributed by atoms with Crippen LogP contribution in [0.25, 0.3) is 0 Å². The lowest BCUT2D eigenvalue weighted by atomic mass is 9.80. The molecule has 31 heavy (non-hydrogen) atoms. The smallest absolute Gasteiger partial charge is 0.224 e. The fourth-order valence-corrected chi connectivity index (χ4v) is 6.71. The van der Waals surface area contributed by atoms with Crippen LogP contribution in [0.5, 0.6) is 0 Å². The van der Waals surface area contributed by atoms with Gasteiger partial charge in [-0.05, 0) is 42.0 Å². The molecule has 164 valence electrons. The minimum absolute atomic E-state index is 0.0280. The summed E-state index contributed by atoms with van der Waals surface area (Å²) < 4.78 is 26.0. The molecule has 7 heteroatoms. The Bertz CT molecular complexity index is 999. The monoisotopic (exact) mass is 456 g/mol. The summed E-state index contributed by atoms with van der Waals surface area (Å²) in [6.07, 6.45) is 3.24. The van der Waals surface area contributed by atoms with Gasteiger partial charge in [-0.2, -0.15) is 17.0 Å². The van der Waals surface area contributed by atoms with E-state index in [1.54, 1.807) is 23.9 Å². The summed E-state index contributed by atoms with van der Waals surface area (Å²) in [5.74, 6) is 0.952. The number of nitrogens with one attached hydrogen (secondary N) is 1. The largest absolute Gasteiger partial charge is 0.343 e. The first kappa shape index (κ1) is 23.4. The van der Waals surface area contributed by atoms with Gasteiger partial charge in [-0.3, -0.25) is 4.79 Å². The van der Waals surface area contributed by atoms with Crippen LogP contribution >= 0.6 is 11.8 Å². The van der Waals surface area contributed by atoms with E-state index >= 15 is 0 Å². The molecule has 0 heterocycles. The quantitative estimate of drug-likeness (QED) is 0.567. The average molecular weight is 457 g/mol. The summed E-state index contributed by atoms with van der Waals surface area (Å²) in [5, 5.41) is 11.3. The second-order valence-corrected chi connectivity index (χ2v) is 11.0. The maximum Gasteiger partial charge on any atom is 0.224 e. The molecule has 1 amide bonds. The summed E-state index contributed by atoms with van der Waals surface area (Å²) in [6.45, 7) is -0.0431. The van der Waals surface area contributed by atoms with Crippen molar-refractivity contribution in [2.24, 2.45) is 11.8 Å². The number of carbonyl (C=O) groups excluding carboxylic acids is 1. The summed E-state index contributed by atoms with van der Waals surface area (Å²) >= 11 is 1.79. The number of hydrogen-bond acceptors (Lipinski definition) is 5. The van der Waals surface area contributed by atoms with E-state index in [2.05, 4.69) is 17.4 Å². The Morgan fingerprint density at radius 2 is 1.65 bits per heavy atom. The average Bonchev–Trinajstić information content (AvgIpc) is 2.78. The molecule has 2 unspecified atom stereocenters. The van der Waals surface area contributed by atoms with Crippen molar-refractivity contribution in [3.8, 4) is 6.07 Å². The fourth-order valence-electron chi connectivity index (χ4n) is 4.04. The second kappa shape index (κ2) is 11.4. The topological polar surface area (TPSA) is 87.0 Å². The van der Waals surface area contributed by atoms with E-state index in [1.165, 1.54) is 5.56 Å². The van der Waals surface area contributed by atoms with E-state index in [1.807, 2.05) is 36.4 Å². The molecule has 0 aliphatic heterocycles. The first-order valence-electron chi connectivity index (χ1n) is 10.6. The van der Waals surface area contributed by atoms with Crippen molar-refractivity contribution in [2.75, 3.05) is 12.3 Å². The molecule has 1 saturated carbocycles. The number of amides is 1. The third-order valence-corrected chi connectivity index (χ3v) is 8.62. The molecule has 1 aliphatic rings. The van der Waals surface area contributed by atoms with E-state index < -0.39 is 9.84 Å². The first-order valence-corrected chi connectivity index (χ1v) is 13.4. The maximum absolute atomic E-state index is 13.0. The van der Waals surface area contributed by atoms with Crippen LogP contribution in [0.4, 0.5) is 0 Å². The Morgan fingerprint density at radius 1 is 1.00 bits per heavy atom. The fraction of sp³-hybridized carbons (Fsp3) is 0.417. The van der Waals surface area contributed by atoms with E-state index in [4.69, 9.17) is 5.26 Å². The number of nitriles is 1. The third kappa shape index (κ3) is 6.84. The molecule has 0 aromatic heterocycles. The third-order valence-electron chi connectivity index (χ3n) is 5.68. The molecule has 3 rings (SSSR count). The Balaban J connectivity index is 1.59. The molecule has 0 radical (unpaired) electrons. The molecular weight excluding hydrogens is 428 g/mol. The highest BCUT2D eigenvalue weighted by molar-refractivity contribution is 7.97. The van der Waals surface area contributed by atoms with Gasteiger partial charge in [-0.25, -0.2) is 8.42 Å². The van der Waals surface area contributed by atoms with Gasteiger partial charge < -0.3 is 5.32 Å². The zero-order valence-electron chi connectivity index (χ0n) is 17.5. The van der Waals surface area contributed by atoms with Crippen LogP contribution < -0.4 is 5.32 Å². The van der Waals surface area contributed by atoms with Crippen LogP contribution in [0.2, 0.25) is 0 Å². The van der Waals surface area contributed by atoms with Crippen molar-refractivity contribution in [3.63, 3.8) is 0 Å². The number of carbonyl (C=O) groups is 1. The van der Waals surface area contributed by atoms with Gasteiger partial charge in [0.1, 0.15) is 6.54 Å². The van der Waals surface area contributed by atoms with Gasteiger partial charge in [0.25, 0.3) is 0 Å². The zero-order valence-corrected chi connectivity index (χ0v) is 19.1. The van der Waals surface area contributed by atoms with E-state index in [0.29, 0.717) is 11.3 Å². The maximum atomic E-state index is 13.0. The standard InChI is InChI=1S/C24H28N2O3S2/c25-14-15-26-24(27)23-9-5-4-8-21(23)18-31(28,29)22-12-10-20(11-13-22)17-30-16-19-6-2-1-3-7-19/h1-3,6-7,10-13,21,23H,4-5,8-9,15-18H2,(H,26,27). The van der Waals surface area contributed by atoms with Crippen LogP contribution in [0, 0.1) is 23.2 Å². The second-order valence-electron chi connectivity index (χ2n) is 7.93. The summed E-state index contributed by atoms with van der Waals surface area (Å²) in [4.78, 5) is 12.7. The van der Waals surface area contributed by atoms with Gasteiger partial charge in [-0.15, -0.1) is 0 Å². The van der Waals surface area contributed by atoms with Crippen molar-refractivity contribution in [2.45, 2.75) is 42.1 Å². The normalized spacial score (nSPS) is 18.8. The van der Waals surface area contributed by atoms with Crippen LogP contribution in [0.3, 0.4) is 0 Å². The summed E-state index contributed by atoms with van der Waals surface area (Å²) in [6, 6.07) is 19.3. The molecule has 1 N–H and O–H groups in total. The highest BCUT2D eigenvalue weighted by Gasteiger charge is 2.34. The lowest BCUT2D eigenvalue weighted by Crippen LogP contribution is -2.39. The van der Waals surface area contributed by atoms with Gasteiger partial charge in [0, 0.05) is 17.4 Å². The van der Waals surface area contributed by atoms with Gasteiger partial charge in [0.05, 0.1) is 16.7 Å². The molecule has 1 fully saturated rings. The molecule has 0 spiro atoms.